The number of alkyl halides is 3. The second-order valence-electron chi connectivity index (χ2n) is 8.77. The fraction of sp³-hybridized carbons (Fsp3) is 0.458. The van der Waals surface area contributed by atoms with Crippen molar-refractivity contribution in [1.82, 2.24) is 5.32 Å². The number of piperidine rings is 1. The highest BCUT2D eigenvalue weighted by molar-refractivity contribution is 5.92. The van der Waals surface area contributed by atoms with Crippen molar-refractivity contribution in [2.45, 2.75) is 50.1 Å². The predicted octanol–water partition coefficient (Wildman–Crippen LogP) is 4.20. The molecule has 2 amide bonds. The van der Waals surface area contributed by atoms with E-state index < -0.39 is 41.8 Å². The normalized spacial score (nSPS) is 20.8. The van der Waals surface area contributed by atoms with Crippen molar-refractivity contribution < 1.29 is 37.3 Å². The van der Waals surface area contributed by atoms with E-state index in [1.54, 1.807) is 6.07 Å². The lowest BCUT2D eigenvalue weighted by atomic mass is 10.0. The molecule has 1 aliphatic carbocycles. The lowest BCUT2D eigenvalue weighted by Crippen LogP contribution is -2.40. The van der Waals surface area contributed by atoms with E-state index in [1.165, 1.54) is 24.3 Å². The molecule has 7 nitrogen and oxygen atoms in total. The maximum Gasteiger partial charge on any atom is 0.418 e. The second kappa shape index (κ2) is 9.90. The van der Waals surface area contributed by atoms with Crippen LogP contribution in [0.4, 0.5) is 33.7 Å². The lowest BCUT2D eigenvalue weighted by molar-refractivity contribution is -0.207. The number of nitrogens with one attached hydrogen (secondary N) is 2. The van der Waals surface area contributed by atoms with Crippen molar-refractivity contribution in [3.8, 4) is 5.75 Å². The van der Waals surface area contributed by atoms with Crippen LogP contribution in [0.1, 0.15) is 48.2 Å². The van der Waals surface area contributed by atoms with Gasteiger partial charge in [0.1, 0.15) is 17.7 Å². The highest BCUT2D eigenvalue weighted by Crippen LogP contribution is 2.43. The third-order valence-corrected chi connectivity index (χ3v) is 6.46. The molecule has 4 rings (SSSR count). The fourth-order valence-electron chi connectivity index (χ4n) is 4.77. The Morgan fingerprint density at radius 1 is 1.20 bits per heavy atom. The molecule has 2 aromatic rings. The number of fused-ring (bicyclic) bond motifs is 1. The van der Waals surface area contributed by atoms with Gasteiger partial charge < -0.3 is 30.5 Å². The molecule has 0 bridgehead atoms. The first kappa shape index (κ1) is 25.1. The van der Waals surface area contributed by atoms with Crippen LogP contribution in [-0.2, 0) is 6.42 Å². The van der Waals surface area contributed by atoms with Gasteiger partial charge in [0.25, 0.3) is 0 Å². The minimum atomic E-state index is -4.95. The minimum absolute atomic E-state index is 0.0671. The van der Waals surface area contributed by atoms with Gasteiger partial charge in [-0.1, -0.05) is 12.1 Å². The number of hydrogen-bond acceptors (Lipinski definition) is 5. The third-order valence-electron chi connectivity index (χ3n) is 6.46. The van der Waals surface area contributed by atoms with E-state index in [0.717, 1.165) is 26.4 Å². The Labute approximate surface area is 199 Å². The summed E-state index contributed by atoms with van der Waals surface area (Å²) in [5.41, 5.74) is 0.493. The number of hydrogen-bond donors (Lipinski definition) is 4. The van der Waals surface area contributed by atoms with Gasteiger partial charge >= 0.3 is 12.2 Å². The molecule has 1 aliphatic heterocycles. The lowest BCUT2D eigenvalue weighted by Gasteiger charge is -2.31. The van der Waals surface area contributed by atoms with Crippen molar-refractivity contribution >= 4 is 17.4 Å². The molecule has 0 spiro atoms. The van der Waals surface area contributed by atoms with Crippen LogP contribution in [0.15, 0.2) is 30.3 Å². The number of amides is 2. The van der Waals surface area contributed by atoms with Crippen molar-refractivity contribution in [1.29, 1.82) is 0 Å². The van der Waals surface area contributed by atoms with E-state index in [9.17, 15) is 32.6 Å². The molecular weight excluding hydrogens is 470 g/mol. The highest BCUT2D eigenvalue weighted by Gasteiger charge is 2.42. The number of ether oxygens (including phenoxy) is 1. The van der Waals surface area contributed by atoms with E-state index in [2.05, 4.69) is 10.6 Å². The van der Waals surface area contributed by atoms with Crippen molar-refractivity contribution in [2.24, 2.45) is 0 Å². The van der Waals surface area contributed by atoms with Crippen molar-refractivity contribution in [3.63, 3.8) is 0 Å². The molecule has 2 aliphatic rings. The Hall–Kier alpha value is -3.05. The second-order valence-corrected chi connectivity index (χ2v) is 8.77. The number of benzene rings is 2. The average Bonchev–Trinajstić information content (AvgIpc) is 3.14. The van der Waals surface area contributed by atoms with Crippen LogP contribution in [0.3, 0.4) is 0 Å². The zero-order chi connectivity index (χ0) is 25.3. The largest absolute Gasteiger partial charge is 0.494 e. The summed E-state index contributed by atoms with van der Waals surface area (Å²) < 4.78 is 59.5. The molecule has 35 heavy (non-hydrogen) atoms. The number of anilines is 2. The van der Waals surface area contributed by atoms with Crippen LogP contribution in [0, 0.1) is 5.82 Å². The van der Waals surface area contributed by atoms with E-state index in [0.29, 0.717) is 24.3 Å². The van der Waals surface area contributed by atoms with Gasteiger partial charge in [-0.25, -0.2) is 9.18 Å². The summed E-state index contributed by atoms with van der Waals surface area (Å²) in [6, 6.07) is 5.45. The molecule has 0 radical (unpaired) electrons. The maximum atomic E-state index is 14.1. The molecule has 1 saturated heterocycles. The average molecular weight is 497 g/mol. The first-order valence-corrected chi connectivity index (χ1v) is 11.3. The number of carbonyl (C=O) groups excluding carboxylic acids is 1. The molecule has 0 aromatic heterocycles. The Bertz CT molecular complexity index is 1090. The van der Waals surface area contributed by atoms with E-state index in [1.807, 2.05) is 4.90 Å². The number of urea groups is 1. The topological polar surface area (TPSA) is 94.1 Å². The van der Waals surface area contributed by atoms with Gasteiger partial charge in [0.05, 0.1) is 18.8 Å². The predicted molar refractivity (Wildman–Crippen MR) is 121 cm³/mol. The molecule has 1 fully saturated rings. The Kier molecular flexibility index (Phi) is 7.09. The van der Waals surface area contributed by atoms with Crippen LogP contribution in [-0.4, -0.2) is 48.7 Å². The Balaban J connectivity index is 1.61. The van der Waals surface area contributed by atoms with E-state index >= 15 is 0 Å². The molecule has 2 aromatic carbocycles. The number of nitrogens with zero attached hydrogens (tertiary/aromatic N) is 1. The fourth-order valence-corrected chi connectivity index (χ4v) is 4.77. The Morgan fingerprint density at radius 2 is 1.91 bits per heavy atom. The minimum Gasteiger partial charge on any atom is -0.494 e. The van der Waals surface area contributed by atoms with Crippen molar-refractivity contribution in [2.75, 3.05) is 30.4 Å². The monoisotopic (exact) mass is 497 g/mol. The summed E-state index contributed by atoms with van der Waals surface area (Å²) >= 11 is 0. The number of aliphatic hydroxyl groups is 2. The number of rotatable bonds is 5. The van der Waals surface area contributed by atoms with Crippen LogP contribution < -0.4 is 20.3 Å². The standard InChI is InChI=1S/C24H27F4N3O4/c1-35-21-15(22(33)24(26,27)28)11-14(31-8-3-2-4-9-31)12-18(21)30-23(34)29-17-10-13-6-5-7-16(25)19(13)20(17)32/h5-7,11-12,17,20,22,32-33H,2-4,8-10H2,1H3,(H2,29,30,34). The molecule has 1 heterocycles. The SMILES string of the molecule is COc1c(NC(=O)NC2Cc3cccc(F)c3C2O)cc(N2CCCCC2)cc1C(O)C(F)(F)F. The van der Waals surface area contributed by atoms with Crippen LogP contribution >= 0.6 is 0 Å². The van der Waals surface area contributed by atoms with Gasteiger partial charge in [0.15, 0.2) is 6.10 Å². The highest BCUT2D eigenvalue weighted by atomic mass is 19.4. The first-order chi connectivity index (χ1) is 16.6. The van der Waals surface area contributed by atoms with Crippen LogP contribution in [0.5, 0.6) is 5.75 Å². The molecule has 3 unspecified atom stereocenters. The van der Waals surface area contributed by atoms with Gasteiger partial charge in [0.2, 0.25) is 0 Å². The number of halogens is 4. The summed E-state index contributed by atoms with van der Waals surface area (Å²) in [5, 5.41) is 25.6. The quantitative estimate of drug-likeness (QED) is 0.465. The molecule has 11 heteroatoms. The molecule has 3 atom stereocenters. The molecule has 0 saturated carbocycles. The summed E-state index contributed by atoms with van der Waals surface area (Å²) in [6.45, 7) is 1.25. The van der Waals surface area contributed by atoms with E-state index in [4.69, 9.17) is 4.74 Å². The summed E-state index contributed by atoms with van der Waals surface area (Å²) in [5.74, 6) is -0.909. The van der Waals surface area contributed by atoms with Crippen LogP contribution in [0.25, 0.3) is 0 Å². The Morgan fingerprint density at radius 3 is 2.54 bits per heavy atom. The molecule has 4 N–H and O–H groups in total. The number of carbonyl (C=O) groups is 1. The zero-order valence-corrected chi connectivity index (χ0v) is 19.0. The van der Waals surface area contributed by atoms with Crippen molar-refractivity contribution in [3.05, 3.63) is 52.8 Å². The summed E-state index contributed by atoms with van der Waals surface area (Å²) in [7, 11) is 1.14. The number of aliphatic hydroxyl groups excluding tert-OH is 2. The molecular formula is C24H27F4N3O4. The van der Waals surface area contributed by atoms with Gasteiger partial charge in [-0.15, -0.1) is 0 Å². The van der Waals surface area contributed by atoms with Gasteiger partial charge in [-0.3, -0.25) is 0 Å². The third kappa shape index (κ3) is 5.15. The summed E-state index contributed by atoms with van der Waals surface area (Å²) in [4.78, 5) is 14.7. The van der Waals surface area contributed by atoms with E-state index in [-0.39, 0.29) is 23.4 Å². The van der Waals surface area contributed by atoms with Crippen LogP contribution in [0.2, 0.25) is 0 Å². The number of methoxy groups -OCH3 is 1. The van der Waals surface area contributed by atoms with Gasteiger partial charge in [-0.05, 0) is 49.4 Å². The van der Waals surface area contributed by atoms with Gasteiger partial charge in [0, 0.05) is 29.9 Å². The summed E-state index contributed by atoms with van der Waals surface area (Å²) in [6.07, 6.45) is -6.13. The smallest absolute Gasteiger partial charge is 0.418 e. The molecule has 190 valence electrons. The maximum absolute atomic E-state index is 14.1. The zero-order valence-electron chi connectivity index (χ0n) is 19.0. The first-order valence-electron chi connectivity index (χ1n) is 11.3. The van der Waals surface area contributed by atoms with Gasteiger partial charge in [-0.2, -0.15) is 13.2 Å².